The first-order valence-electron chi connectivity index (χ1n) is 11.1. The van der Waals surface area contributed by atoms with Gasteiger partial charge in [-0.2, -0.15) is 13.2 Å². The van der Waals surface area contributed by atoms with Gasteiger partial charge < -0.3 is 5.32 Å². The Bertz CT molecular complexity index is 1340. The number of halogens is 3. The summed E-state index contributed by atoms with van der Waals surface area (Å²) in [5.74, 6) is -0.278. The number of aromatic nitrogens is 2. The summed E-state index contributed by atoms with van der Waals surface area (Å²) in [6.45, 7) is 0. The Morgan fingerprint density at radius 1 is 1.00 bits per heavy atom. The maximum Gasteiger partial charge on any atom is 0.417 e. The number of nitrogens with zero attached hydrogens (tertiary/aromatic N) is 2. The number of rotatable bonds is 4. The molecule has 1 amide bonds. The lowest BCUT2D eigenvalue weighted by molar-refractivity contribution is -0.137. The van der Waals surface area contributed by atoms with Crippen molar-refractivity contribution < 1.29 is 18.0 Å². The van der Waals surface area contributed by atoms with Gasteiger partial charge >= 0.3 is 6.18 Å². The highest BCUT2D eigenvalue weighted by atomic mass is 19.4. The summed E-state index contributed by atoms with van der Waals surface area (Å²) in [4.78, 5) is 17.3. The molecule has 0 bridgehead atoms. The molecule has 4 aromatic rings. The van der Waals surface area contributed by atoms with Crippen LogP contribution in [0.15, 0.2) is 85.3 Å². The van der Waals surface area contributed by atoms with Crippen LogP contribution in [0.25, 0.3) is 16.8 Å². The van der Waals surface area contributed by atoms with Crippen molar-refractivity contribution in [3.8, 4) is 16.8 Å². The predicted molar refractivity (Wildman–Crippen MR) is 124 cm³/mol. The molecule has 1 N–H and O–H groups in total. The van der Waals surface area contributed by atoms with Crippen molar-refractivity contribution in [1.82, 2.24) is 14.9 Å². The Morgan fingerprint density at radius 3 is 2.65 bits per heavy atom. The van der Waals surface area contributed by atoms with Gasteiger partial charge in [0.25, 0.3) is 5.91 Å². The zero-order valence-electron chi connectivity index (χ0n) is 18.2. The van der Waals surface area contributed by atoms with Crippen molar-refractivity contribution in [3.05, 3.63) is 108 Å². The lowest BCUT2D eigenvalue weighted by Crippen LogP contribution is -2.32. The zero-order chi connectivity index (χ0) is 23.7. The highest BCUT2D eigenvalue weighted by Crippen LogP contribution is 2.37. The Labute approximate surface area is 195 Å². The molecule has 0 spiro atoms. The maximum atomic E-state index is 13.5. The van der Waals surface area contributed by atoms with Gasteiger partial charge in [-0.3, -0.25) is 9.36 Å². The Morgan fingerprint density at radius 2 is 1.79 bits per heavy atom. The van der Waals surface area contributed by atoms with E-state index in [2.05, 4.69) is 16.4 Å². The van der Waals surface area contributed by atoms with Crippen LogP contribution in [0.2, 0.25) is 0 Å². The van der Waals surface area contributed by atoms with Gasteiger partial charge in [0, 0.05) is 5.69 Å². The summed E-state index contributed by atoms with van der Waals surface area (Å²) >= 11 is 0. The lowest BCUT2D eigenvalue weighted by atomic mass is 9.87. The van der Waals surface area contributed by atoms with Crippen molar-refractivity contribution in [2.24, 2.45) is 0 Å². The van der Waals surface area contributed by atoms with E-state index in [9.17, 15) is 18.0 Å². The van der Waals surface area contributed by atoms with Crippen molar-refractivity contribution in [1.29, 1.82) is 0 Å². The number of alkyl halides is 3. The van der Waals surface area contributed by atoms with Crippen LogP contribution in [-0.4, -0.2) is 15.5 Å². The topological polar surface area (TPSA) is 46.9 Å². The number of amides is 1. The van der Waals surface area contributed by atoms with E-state index in [1.54, 1.807) is 34.9 Å². The molecule has 4 nitrogen and oxygen atoms in total. The van der Waals surface area contributed by atoms with Gasteiger partial charge in [0.05, 0.1) is 24.1 Å². The molecule has 1 aliphatic rings. The van der Waals surface area contributed by atoms with Crippen LogP contribution in [0.4, 0.5) is 13.2 Å². The summed E-state index contributed by atoms with van der Waals surface area (Å²) in [5, 5.41) is 3.11. The molecule has 1 heterocycles. The van der Waals surface area contributed by atoms with Crippen LogP contribution in [0.5, 0.6) is 0 Å². The second-order valence-corrected chi connectivity index (χ2v) is 8.36. The zero-order valence-corrected chi connectivity index (χ0v) is 18.2. The number of nitrogens with one attached hydrogen (secondary N) is 1. The van der Waals surface area contributed by atoms with E-state index in [1.165, 1.54) is 30.2 Å². The molecule has 34 heavy (non-hydrogen) atoms. The monoisotopic (exact) mass is 461 g/mol. The molecule has 0 radical (unpaired) electrons. The fourth-order valence-electron chi connectivity index (χ4n) is 4.61. The fourth-order valence-corrected chi connectivity index (χ4v) is 4.61. The molecule has 1 aliphatic carbocycles. The highest BCUT2D eigenvalue weighted by molar-refractivity contribution is 5.93. The van der Waals surface area contributed by atoms with Crippen LogP contribution in [0, 0.1) is 0 Å². The molecular formula is C27H22F3N3O. The van der Waals surface area contributed by atoms with Gasteiger partial charge in [-0.15, -0.1) is 0 Å². The summed E-state index contributed by atoms with van der Waals surface area (Å²) in [5.41, 5.74) is 3.04. The molecule has 172 valence electrons. The summed E-state index contributed by atoms with van der Waals surface area (Å²) < 4.78 is 42.2. The van der Waals surface area contributed by atoms with Gasteiger partial charge in [-0.25, -0.2) is 4.98 Å². The van der Waals surface area contributed by atoms with E-state index in [1.807, 2.05) is 18.2 Å². The molecule has 1 aromatic heterocycles. The molecule has 7 heteroatoms. The van der Waals surface area contributed by atoms with Gasteiger partial charge in [0.1, 0.15) is 5.69 Å². The quantitative estimate of drug-likeness (QED) is 0.384. The first-order chi connectivity index (χ1) is 16.4. The molecule has 3 aromatic carbocycles. The molecular weight excluding hydrogens is 439 g/mol. The van der Waals surface area contributed by atoms with Crippen LogP contribution in [0.1, 0.15) is 46.1 Å². The first kappa shape index (κ1) is 21.9. The number of carbonyl (C=O) groups is 1. The van der Waals surface area contributed by atoms with Gasteiger partial charge in [-0.05, 0) is 59.7 Å². The van der Waals surface area contributed by atoms with E-state index in [0.29, 0.717) is 16.9 Å². The van der Waals surface area contributed by atoms with Gasteiger partial charge in [0.15, 0.2) is 0 Å². The van der Waals surface area contributed by atoms with Crippen LogP contribution >= 0.6 is 0 Å². The number of benzene rings is 3. The maximum absolute atomic E-state index is 13.5. The van der Waals surface area contributed by atoms with Gasteiger partial charge in [0.2, 0.25) is 0 Å². The molecule has 0 fully saturated rings. The second-order valence-electron chi connectivity index (χ2n) is 8.36. The molecule has 0 unspecified atom stereocenters. The number of imidazole rings is 1. The first-order valence-corrected chi connectivity index (χ1v) is 11.1. The molecule has 1 atom stereocenters. The largest absolute Gasteiger partial charge is 0.417 e. The van der Waals surface area contributed by atoms with Crippen molar-refractivity contribution in [3.63, 3.8) is 0 Å². The average molecular weight is 461 g/mol. The molecule has 5 rings (SSSR count). The minimum Gasteiger partial charge on any atom is -0.344 e. The number of hydrogen-bond acceptors (Lipinski definition) is 2. The Hall–Kier alpha value is -3.87. The molecule has 0 aliphatic heterocycles. The standard InChI is InChI=1S/C27H22F3N3O/c28-27(29,30)23-13-4-3-11-21(23)19-9-5-10-20(15-19)33-17-31-16-25(33)26(34)32-24-14-6-8-18-7-1-2-12-22(18)24/h1-5,7,9-13,15-17,24H,6,8,14H2,(H,32,34)/t24-/m0/s1. The lowest BCUT2D eigenvalue weighted by Gasteiger charge is -2.26. The smallest absolute Gasteiger partial charge is 0.344 e. The van der Waals surface area contributed by atoms with E-state index < -0.39 is 11.7 Å². The minimum absolute atomic E-state index is 0.0850. The Balaban J connectivity index is 1.46. The van der Waals surface area contributed by atoms with Crippen molar-refractivity contribution in [2.45, 2.75) is 31.5 Å². The highest BCUT2D eigenvalue weighted by Gasteiger charge is 2.33. The van der Waals surface area contributed by atoms with Crippen LogP contribution < -0.4 is 5.32 Å². The summed E-state index contributed by atoms with van der Waals surface area (Å²) in [7, 11) is 0. The van der Waals surface area contributed by atoms with Crippen LogP contribution in [0.3, 0.4) is 0 Å². The third kappa shape index (κ3) is 4.21. The molecule has 0 saturated heterocycles. The third-order valence-electron chi connectivity index (χ3n) is 6.21. The fraction of sp³-hybridized carbons (Fsp3) is 0.185. The van der Waals surface area contributed by atoms with Gasteiger partial charge in [-0.1, -0.05) is 54.6 Å². The van der Waals surface area contributed by atoms with E-state index in [-0.39, 0.29) is 17.5 Å². The normalized spacial score (nSPS) is 15.6. The third-order valence-corrected chi connectivity index (χ3v) is 6.21. The van der Waals surface area contributed by atoms with E-state index >= 15 is 0 Å². The number of fused-ring (bicyclic) bond motifs is 1. The number of aryl methyl sites for hydroxylation is 1. The number of carbonyl (C=O) groups excluding carboxylic acids is 1. The second kappa shape index (κ2) is 8.82. The minimum atomic E-state index is -4.47. The van der Waals surface area contributed by atoms with Crippen LogP contribution in [-0.2, 0) is 12.6 Å². The van der Waals surface area contributed by atoms with Crippen molar-refractivity contribution in [2.75, 3.05) is 0 Å². The predicted octanol–water partition coefficient (Wildman–Crippen LogP) is 6.37. The van der Waals surface area contributed by atoms with Crippen molar-refractivity contribution >= 4 is 5.91 Å². The summed E-state index contributed by atoms with van der Waals surface area (Å²) in [6, 6.07) is 20.2. The number of hydrogen-bond donors (Lipinski definition) is 1. The average Bonchev–Trinajstić information content (AvgIpc) is 3.34. The summed E-state index contributed by atoms with van der Waals surface area (Å²) in [6.07, 6.45) is 1.33. The molecule has 0 saturated carbocycles. The van der Waals surface area contributed by atoms with E-state index in [4.69, 9.17) is 0 Å². The Kier molecular flexibility index (Phi) is 5.69. The SMILES string of the molecule is O=C(N[C@H]1CCCc2ccccc21)c1cncn1-c1cccc(-c2ccccc2C(F)(F)F)c1. The van der Waals surface area contributed by atoms with E-state index in [0.717, 1.165) is 30.9 Å².